The average molecular weight is 422 g/mol. The van der Waals surface area contributed by atoms with Gasteiger partial charge in [-0.15, -0.1) is 0 Å². The van der Waals surface area contributed by atoms with Crippen LogP contribution in [-0.2, 0) is 20.8 Å². The summed E-state index contributed by atoms with van der Waals surface area (Å²) in [6.45, 7) is 3.09. The minimum Gasteiger partial charge on any atom is -0.384 e. The fourth-order valence-electron chi connectivity index (χ4n) is 3.86. The molecular formula is C23H26N4O4. The van der Waals surface area contributed by atoms with Crippen molar-refractivity contribution >= 4 is 17.5 Å². The molecule has 0 unspecified atom stereocenters. The van der Waals surface area contributed by atoms with Crippen molar-refractivity contribution in [1.82, 2.24) is 15.6 Å². The third-order valence-electron chi connectivity index (χ3n) is 5.57. The lowest BCUT2D eigenvalue weighted by molar-refractivity contribution is -0.128. The van der Waals surface area contributed by atoms with Crippen molar-refractivity contribution in [3.63, 3.8) is 0 Å². The number of benzene rings is 1. The Morgan fingerprint density at radius 3 is 2.77 bits per heavy atom. The van der Waals surface area contributed by atoms with Crippen LogP contribution in [0.5, 0.6) is 0 Å². The maximum atomic E-state index is 12.7. The van der Waals surface area contributed by atoms with Crippen LogP contribution >= 0.6 is 0 Å². The number of aryl methyl sites for hydroxylation is 1. The van der Waals surface area contributed by atoms with Crippen molar-refractivity contribution in [2.24, 2.45) is 5.16 Å². The molecule has 0 aliphatic carbocycles. The molecule has 8 nitrogen and oxygen atoms in total. The molecule has 2 N–H and O–H groups in total. The van der Waals surface area contributed by atoms with Crippen molar-refractivity contribution in [2.75, 3.05) is 19.8 Å². The van der Waals surface area contributed by atoms with Gasteiger partial charge < -0.3 is 20.2 Å². The van der Waals surface area contributed by atoms with Gasteiger partial charge in [0.25, 0.3) is 11.8 Å². The Hall–Kier alpha value is -3.26. The lowest BCUT2D eigenvalue weighted by atomic mass is 9.85. The molecular weight excluding hydrogens is 396 g/mol. The zero-order chi connectivity index (χ0) is 21.7. The number of ether oxygens (including phenoxy) is 1. The van der Waals surface area contributed by atoms with Crippen LogP contribution in [0.2, 0.25) is 0 Å². The quantitative estimate of drug-likeness (QED) is 0.739. The standard InChI is InChI=1S/C23H26N4O4/c1-16-6-5-9-18(25-16)22(29)26-20-11-13-30-15-23(20)14-19(27-31-23)21(28)24-12-10-17-7-3-2-4-8-17/h2-9,20H,10-15H2,1H3,(H,24,28)(H,26,29)/t20-,23-/m1/s1. The predicted octanol–water partition coefficient (Wildman–Crippen LogP) is 1.78. The Morgan fingerprint density at radius 1 is 1.13 bits per heavy atom. The van der Waals surface area contributed by atoms with Gasteiger partial charge in [0, 0.05) is 25.3 Å². The highest BCUT2D eigenvalue weighted by atomic mass is 16.7. The van der Waals surface area contributed by atoms with Gasteiger partial charge in [-0.05, 0) is 37.5 Å². The minimum absolute atomic E-state index is 0.253. The number of pyridine rings is 1. The summed E-state index contributed by atoms with van der Waals surface area (Å²) in [4.78, 5) is 35.3. The molecule has 1 saturated heterocycles. The summed E-state index contributed by atoms with van der Waals surface area (Å²) in [5, 5.41) is 9.94. The molecule has 1 spiro atoms. The van der Waals surface area contributed by atoms with Crippen molar-refractivity contribution in [3.8, 4) is 0 Å². The van der Waals surface area contributed by atoms with Crippen molar-refractivity contribution in [3.05, 3.63) is 65.5 Å². The summed E-state index contributed by atoms with van der Waals surface area (Å²) < 4.78 is 5.61. The molecule has 8 heteroatoms. The van der Waals surface area contributed by atoms with Gasteiger partial charge in [-0.25, -0.2) is 4.98 Å². The van der Waals surface area contributed by atoms with Gasteiger partial charge in [0.15, 0.2) is 5.60 Å². The normalized spacial score (nSPS) is 22.5. The predicted molar refractivity (Wildman–Crippen MR) is 115 cm³/mol. The smallest absolute Gasteiger partial charge is 0.270 e. The Kier molecular flexibility index (Phi) is 6.27. The van der Waals surface area contributed by atoms with E-state index >= 15 is 0 Å². The highest BCUT2D eigenvalue weighted by molar-refractivity contribution is 6.39. The number of carbonyl (C=O) groups is 2. The minimum atomic E-state index is -0.885. The highest BCUT2D eigenvalue weighted by Gasteiger charge is 2.50. The zero-order valence-electron chi connectivity index (χ0n) is 17.5. The molecule has 0 bridgehead atoms. The van der Waals surface area contributed by atoms with Gasteiger partial charge >= 0.3 is 0 Å². The molecule has 1 aromatic heterocycles. The molecule has 1 fully saturated rings. The SMILES string of the molecule is Cc1cccc(C(=O)N[C@@H]2CCOC[C@]23CC(C(=O)NCCc2ccccc2)=NO3)n1. The Bertz CT molecular complexity index is 979. The lowest BCUT2D eigenvalue weighted by Gasteiger charge is -2.38. The molecule has 2 atom stereocenters. The van der Waals surface area contributed by atoms with E-state index in [1.54, 1.807) is 12.1 Å². The van der Waals surface area contributed by atoms with E-state index in [1.807, 2.05) is 43.3 Å². The Balaban J connectivity index is 1.35. The summed E-state index contributed by atoms with van der Waals surface area (Å²) in [5.41, 5.74) is 1.69. The maximum Gasteiger partial charge on any atom is 0.270 e. The number of hydrogen-bond acceptors (Lipinski definition) is 6. The van der Waals surface area contributed by atoms with Gasteiger partial charge in [0.1, 0.15) is 11.4 Å². The molecule has 2 amide bonds. The van der Waals surface area contributed by atoms with Gasteiger partial charge in [-0.2, -0.15) is 0 Å². The highest BCUT2D eigenvalue weighted by Crippen LogP contribution is 2.33. The average Bonchev–Trinajstić information content (AvgIpc) is 3.21. The second-order valence-electron chi connectivity index (χ2n) is 7.89. The molecule has 31 heavy (non-hydrogen) atoms. The van der Waals surface area contributed by atoms with Gasteiger partial charge in [-0.3, -0.25) is 9.59 Å². The van der Waals surface area contributed by atoms with Gasteiger partial charge in [-0.1, -0.05) is 41.6 Å². The maximum absolute atomic E-state index is 12.7. The van der Waals surface area contributed by atoms with Gasteiger partial charge in [0.2, 0.25) is 0 Å². The van der Waals surface area contributed by atoms with Crippen LogP contribution in [0.25, 0.3) is 0 Å². The first-order valence-electron chi connectivity index (χ1n) is 10.5. The van der Waals surface area contributed by atoms with E-state index in [2.05, 4.69) is 20.8 Å². The number of rotatable bonds is 6. The second-order valence-corrected chi connectivity index (χ2v) is 7.89. The van der Waals surface area contributed by atoms with E-state index in [0.717, 1.165) is 17.7 Å². The molecule has 0 saturated carbocycles. The molecule has 4 rings (SSSR count). The van der Waals surface area contributed by atoms with Gasteiger partial charge in [0.05, 0.1) is 12.6 Å². The Labute approximate surface area is 181 Å². The molecule has 0 radical (unpaired) electrons. The lowest BCUT2D eigenvalue weighted by Crippen LogP contribution is -2.59. The van der Waals surface area contributed by atoms with E-state index in [4.69, 9.17) is 9.57 Å². The van der Waals surface area contributed by atoms with E-state index in [1.165, 1.54) is 0 Å². The number of nitrogens with one attached hydrogen (secondary N) is 2. The van der Waals surface area contributed by atoms with Crippen LogP contribution in [0.4, 0.5) is 0 Å². The Morgan fingerprint density at radius 2 is 1.97 bits per heavy atom. The molecule has 162 valence electrons. The molecule has 2 aromatic rings. The van der Waals surface area contributed by atoms with E-state index < -0.39 is 5.60 Å². The van der Waals surface area contributed by atoms with E-state index in [-0.39, 0.29) is 30.9 Å². The van der Waals surface area contributed by atoms with E-state index in [0.29, 0.717) is 31.0 Å². The zero-order valence-corrected chi connectivity index (χ0v) is 17.5. The van der Waals surface area contributed by atoms with Crippen LogP contribution in [0.3, 0.4) is 0 Å². The summed E-state index contributed by atoms with van der Waals surface area (Å²) >= 11 is 0. The first-order chi connectivity index (χ1) is 15.1. The number of aromatic nitrogens is 1. The number of oxime groups is 1. The molecule has 2 aliphatic rings. The molecule has 2 aliphatic heterocycles. The third-order valence-corrected chi connectivity index (χ3v) is 5.57. The van der Waals surface area contributed by atoms with Crippen LogP contribution < -0.4 is 10.6 Å². The van der Waals surface area contributed by atoms with Crippen LogP contribution in [0.15, 0.2) is 53.7 Å². The fourth-order valence-corrected chi connectivity index (χ4v) is 3.86. The van der Waals surface area contributed by atoms with Crippen LogP contribution in [0.1, 0.15) is 34.6 Å². The monoisotopic (exact) mass is 422 g/mol. The van der Waals surface area contributed by atoms with Crippen LogP contribution in [0, 0.1) is 6.92 Å². The van der Waals surface area contributed by atoms with E-state index in [9.17, 15) is 9.59 Å². The third kappa shape index (κ3) is 4.91. The van der Waals surface area contributed by atoms with Crippen molar-refractivity contribution in [1.29, 1.82) is 0 Å². The van der Waals surface area contributed by atoms with Crippen LogP contribution in [-0.4, -0.2) is 53.9 Å². The number of carbonyl (C=O) groups excluding carboxylic acids is 2. The largest absolute Gasteiger partial charge is 0.384 e. The number of nitrogens with zero attached hydrogens (tertiary/aromatic N) is 2. The number of amides is 2. The number of hydrogen-bond donors (Lipinski definition) is 2. The van der Waals surface area contributed by atoms with Crippen molar-refractivity contribution in [2.45, 2.75) is 37.8 Å². The fraction of sp³-hybridized carbons (Fsp3) is 0.391. The first-order valence-corrected chi connectivity index (χ1v) is 10.5. The topological polar surface area (TPSA) is 102 Å². The summed E-state index contributed by atoms with van der Waals surface area (Å²) in [6.07, 6.45) is 1.57. The molecule has 1 aromatic carbocycles. The van der Waals surface area contributed by atoms with Crippen molar-refractivity contribution < 1.29 is 19.2 Å². The first kappa shape index (κ1) is 21.0. The summed E-state index contributed by atoms with van der Waals surface area (Å²) in [7, 11) is 0. The second kappa shape index (κ2) is 9.26. The summed E-state index contributed by atoms with van der Waals surface area (Å²) in [5.74, 6) is -0.539. The molecule has 3 heterocycles. The summed E-state index contributed by atoms with van der Waals surface area (Å²) in [6, 6.07) is 14.9.